The molecule has 3 rings (SSSR count). The summed E-state index contributed by atoms with van der Waals surface area (Å²) in [5.41, 5.74) is 3.29. The predicted octanol–water partition coefficient (Wildman–Crippen LogP) is 2.80. The van der Waals surface area contributed by atoms with Crippen molar-refractivity contribution < 1.29 is 14.3 Å². The van der Waals surface area contributed by atoms with E-state index in [1.54, 1.807) is 37.6 Å². The van der Waals surface area contributed by atoms with Gasteiger partial charge in [0, 0.05) is 16.8 Å². The fourth-order valence-corrected chi connectivity index (χ4v) is 3.05. The Morgan fingerprint density at radius 3 is 2.45 bits per heavy atom. The van der Waals surface area contributed by atoms with E-state index in [0.29, 0.717) is 11.3 Å². The van der Waals surface area contributed by atoms with Gasteiger partial charge in [-0.15, -0.1) is 0 Å². The van der Waals surface area contributed by atoms with Crippen LogP contribution in [-0.2, 0) is 4.79 Å². The number of para-hydroxylation sites is 1. The van der Waals surface area contributed by atoms with Gasteiger partial charge in [-0.2, -0.15) is 5.10 Å². The predicted molar refractivity (Wildman–Crippen MR) is 110 cm³/mol. The normalized spacial score (nSPS) is 11.6. The highest BCUT2D eigenvalue weighted by molar-refractivity contribution is 5.96. The molecule has 1 aromatic heterocycles. The molecule has 0 fully saturated rings. The number of amides is 2. The maximum absolute atomic E-state index is 12.3. The van der Waals surface area contributed by atoms with Crippen LogP contribution in [0, 0.1) is 6.92 Å². The number of ether oxygens (including phenoxy) is 1. The van der Waals surface area contributed by atoms with Crippen LogP contribution in [0.3, 0.4) is 0 Å². The molecule has 1 unspecified atom stereocenters. The summed E-state index contributed by atoms with van der Waals surface area (Å²) in [6, 6.07) is 16.3. The summed E-state index contributed by atoms with van der Waals surface area (Å²) in [6.07, 6.45) is 1.75. The fourth-order valence-electron chi connectivity index (χ4n) is 3.05. The minimum atomic E-state index is -0.316. The van der Waals surface area contributed by atoms with Crippen LogP contribution in [0.2, 0.25) is 0 Å². The van der Waals surface area contributed by atoms with Crippen LogP contribution in [0.15, 0.2) is 60.8 Å². The molecule has 7 nitrogen and oxygen atoms in total. The number of carbonyl (C=O) groups is 2. The summed E-state index contributed by atoms with van der Waals surface area (Å²) >= 11 is 0. The first-order chi connectivity index (χ1) is 14.0. The number of carbonyl (C=O) groups excluding carboxylic acids is 2. The van der Waals surface area contributed by atoms with Crippen molar-refractivity contribution >= 4 is 11.8 Å². The molecule has 2 amide bonds. The van der Waals surface area contributed by atoms with E-state index in [1.165, 1.54) is 0 Å². The standard InChI is InChI=1S/C22H24N4O3/c1-15(20-13-24-26(16(20)2)18-7-5-4-6-8-18)25-21(27)14-23-22(28)17-9-11-19(29-3)12-10-17/h4-13,15H,14H2,1-3H3,(H,23,28)(H,25,27). The second kappa shape index (κ2) is 9.05. The first kappa shape index (κ1) is 20.1. The molecule has 1 heterocycles. The van der Waals surface area contributed by atoms with Crippen molar-refractivity contribution in [2.24, 2.45) is 0 Å². The molecule has 2 aromatic carbocycles. The molecule has 0 radical (unpaired) electrons. The average Bonchev–Trinajstić information content (AvgIpc) is 3.14. The van der Waals surface area contributed by atoms with Gasteiger partial charge in [0.1, 0.15) is 5.75 Å². The second-order valence-electron chi connectivity index (χ2n) is 6.63. The highest BCUT2D eigenvalue weighted by Crippen LogP contribution is 2.20. The third-order valence-electron chi connectivity index (χ3n) is 4.65. The zero-order valence-corrected chi connectivity index (χ0v) is 16.7. The van der Waals surface area contributed by atoms with Crippen LogP contribution >= 0.6 is 0 Å². The molecule has 0 bridgehead atoms. The van der Waals surface area contributed by atoms with Crippen LogP contribution in [0.4, 0.5) is 0 Å². The first-order valence-corrected chi connectivity index (χ1v) is 9.31. The van der Waals surface area contributed by atoms with Crippen molar-refractivity contribution in [2.45, 2.75) is 19.9 Å². The maximum Gasteiger partial charge on any atom is 0.251 e. The quantitative estimate of drug-likeness (QED) is 0.647. The summed E-state index contributed by atoms with van der Waals surface area (Å²) in [4.78, 5) is 24.5. The van der Waals surface area contributed by atoms with Gasteiger partial charge in [0.2, 0.25) is 5.91 Å². The first-order valence-electron chi connectivity index (χ1n) is 9.31. The van der Waals surface area contributed by atoms with E-state index in [0.717, 1.165) is 16.9 Å². The number of benzene rings is 2. The lowest BCUT2D eigenvalue weighted by Crippen LogP contribution is -2.38. The average molecular weight is 392 g/mol. The van der Waals surface area contributed by atoms with Crippen molar-refractivity contribution in [1.29, 1.82) is 0 Å². The van der Waals surface area contributed by atoms with Crippen LogP contribution in [0.5, 0.6) is 5.75 Å². The molecule has 0 aliphatic carbocycles. The second-order valence-corrected chi connectivity index (χ2v) is 6.63. The Kier molecular flexibility index (Phi) is 6.29. The maximum atomic E-state index is 12.3. The summed E-state index contributed by atoms with van der Waals surface area (Å²) in [5, 5.41) is 9.95. The third kappa shape index (κ3) is 4.82. The van der Waals surface area contributed by atoms with Gasteiger partial charge in [0.05, 0.1) is 31.6 Å². The van der Waals surface area contributed by atoms with E-state index in [4.69, 9.17) is 4.74 Å². The molecule has 29 heavy (non-hydrogen) atoms. The van der Waals surface area contributed by atoms with Gasteiger partial charge in [-0.1, -0.05) is 18.2 Å². The summed E-state index contributed by atoms with van der Waals surface area (Å²) in [7, 11) is 1.56. The molecular formula is C22H24N4O3. The van der Waals surface area contributed by atoms with Crippen LogP contribution in [-0.4, -0.2) is 35.2 Å². The number of nitrogens with zero attached hydrogens (tertiary/aromatic N) is 2. The lowest BCUT2D eigenvalue weighted by Gasteiger charge is -2.14. The van der Waals surface area contributed by atoms with Gasteiger partial charge in [-0.3, -0.25) is 9.59 Å². The minimum absolute atomic E-state index is 0.110. The molecule has 0 aliphatic heterocycles. The van der Waals surface area contributed by atoms with Crippen molar-refractivity contribution in [1.82, 2.24) is 20.4 Å². The van der Waals surface area contributed by atoms with Crippen molar-refractivity contribution in [3.05, 3.63) is 77.6 Å². The van der Waals surface area contributed by atoms with Crippen molar-refractivity contribution in [2.75, 3.05) is 13.7 Å². The lowest BCUT2D eigenvalue weighted by molar-refractivity contribution is -0.120. The van der Waals surface area contributed by atoms with Crippen molar-refractivity contribution in [3.63, 3.8) is 0 Å². The van der Waals surface area contributed by atoms with E-state index in [-0.39, 0.29) is 24.4 Å². The Balaban J connectivity index is 1.56. The molecule has 7 heteroatoms. The summed E-state index contributed by atoms with van der Waals surface area (Å²) in [6.45, 7) is 3.74. The molecule has 2 N–H and O–H groups in total. The minimum Gasteiger partial charge on any atom is -0.497 e. The fraction of sp³-hybridized carbons (Fsp3) is 0.227. The Bertz CT molecular complexity index is 981. The zero-order valence-electron chi connectivity index (χ0n) is 16.7. The van der Waals surface area contributed by atoms with E-state index < -0.39 is 0 Å². The Labute approximate surface area is 169 Å². The van der Waals surface area contributed by atoms with E-state index >= 15 is 0 Å². The van der Waals surface area contributed by atoms with Gasteiger partial charge < -0.3 is 15.4 Å². The van der Waals surface area contributed by atoms with E-state index in [9.17, 15) is 9.59 Å². The van der Waals surface area contributed by atoms with Crippen LogP contribution in [0.25, 0.3) is 5.69 Å². The molecular weight excluding hydrogens is 368 g/mol. The monoisotopic (exact) mass is 392 g/mol. The highest BCUT2D eigenvalue weighted by atomic mass is 16.5. The number of nitrogens with one attached hydrogen (secondary N) is 2. The number of hydrogen-bond acceptors (Lipinski definition) is 4. The molecule has 3 aromatic rings. The van der Waals surface area contributed by atoms with Gasteiger partial charge in [0.15, 0.2) is 0 Å². The van der Waals surface area contributed by atoms with Crippen LogP contribution < -0.4 is 15.4 Å². The number of methoxy groups -OCH3 is 1. The topological polar surface area (TPSA) is 85.2 Å². The van der Waals surface area contributed by atoms with Crippen LogP contribution in [0.1, 0.15) is 34.6 Å². The van der Waals surface area contributed by atoms with E-state index in [1.807, 2.05) is 48.9 Å². The molecule has 150 valence electrons. The van der Waals surface area contributed by atoms with Gasteiger partial charge in [0.25, 0.3) is 5.91 Å². The Morgan fingerprint density at radius 1 is 1.10 bits per heavy atom. The third-order valence-corrected chi connectivity index (χ3v) is 4.65. The zero-order chi connectivity index (χ0) is 20.8. The van der Waals surface area contributed by atoms with Crippen molar-refractivity contribution in [3.8, 4) is 11.4 Å². The summed E-state index contributed by atoms with van der Waals surface area (Å²) < 4.78 is 6.91. The number of aromatic nitrogens is 2. The number of rotatable bonds is 7. The smallest absolute Gasteiger partial charge is 0.251 e. The highest BCUT2D eigenvalue weighted by Gasteiger charge is 2.17. The summed E-state index contributed by atoms with van der Waals surface area (Å²) in [5.74, 6) is 0.0780. The molecule has 0 saturated carbocycles. The Morgan fingerprint density at radius 2 is 1.79 bits per heavy atom. The molecule has 1 atom stereocenters. The molecule has 0 aliphatic rings. The Hall–Kier alpha value is -3.61. The van der Waals surface area contributed by atoms with Gasteiger partial charge >= 0.3 is 0 Å². The lowest BCUT2D eigenvalue weighted by atomic mass is 10.1. The largest absolute Gasteiger partial charge is 0.497 e. The van der Waals surface area contributed by atoms with E-state index in [2.05, 4.69) is 15.7 Å². The van der Waals surface area contributed by atoms with Gasteiger partial charge in [-0.25, -0.2) is 4.68 Å². The van der Waals surface area contributed by atoms with Gasteiger partial charge in [-0.05, 0) is 50.2 Å². The molecule has 0 saturated heterocycles. The number of hydrogen-bond donors (Lipinski definition) is 2. The molecule has 0 spiro atoms. The SMILES string of the molecule is COc1ccc(C(=O)NCC(=O)NC(C)c2cnn(-c3ccccc3)c2C)cc1.